The first-order valence-corrected chi connectivity index (χ1v) is 8.03. The molecule has 2 heteroatoms. The van der Waals surface area contributed by atoms with E-state index in [4.69, 9.17) is 0 Å². The van der Waals surface area contributed by atoms with Gasteiger partial charge in [0.25, 0.3) is 0 Å². The first kappa shape index (κ1) is 14.8. The Morgan fingerprint density at radius 2 is 1.77 bits per heavy atom. The molecular weight excluding hydrogens is 270 g/mol. The van der Waals surface area contributed by atoms with Gasteiger partial charge in [-0.3, -0.25) is 4.79 Å². The van der Waals surface area contributed by atoms with Crippen molar-refractivity contribution in [2.45, 2.75) is 46.0 Å². The zero-order chi connectivity index (χ0) is 15.7. The molecule has 0 unspecified atom stereocenters. The van der Waals surface area contributed by atoms with Gasteiger partial charge in [0.05, 0.1) is 5.92 Å². The van der Waals surface area contributed by atoms with Gasteiger partial charge in [-0.1, -0.05) is 42.0 Å². The van der Waals surface area contributed by atoms with E-state index in [1.165, 1.54) is 16.7 Å². The van der Waals surface area contributed by atoms with Gasteiger partial charge >= 0.3 is 0 Å². The van der Waals surface area contributed by atoms with Crippen molar-refractivity contribution in [2.75, 3.05) is 5.32 Å². The number of benzene rings is 2. The maximum Gasteiger partial charge on any atom is 0.231 e. The number of amides is 1. The van der Waals surface area contributed by atoms with Crippen molar-refractivity contribution in [1.29, 1.82) is 0 Å². The zero-order valence-corrected chi connectivity index (χ0v) is 13.6. The molecule has 0 aliphatic heterocycles. The van der Waals surface area contributed by atoms with Gasteiger partial charge in [0.1, 0.15) is 0 Å². The number of carbonyl (C=O) groups is 1. The van der Waals surface area contributed by atoms with Gasteiger partial charge in [-0.2, -0.15) is 0 Å². The van der Waals surface area contributed by atoms with Crippen LogP contribution in [0.15, 0.2) is 36.4 Å². The number of rotatable bonds is 2. The highest BCUT2D eigenvalue weighted by Gasteiger charge is 2.26. The molecule has 22 heavy (non-hydrogen) atoms. The van der Waals surface area contributed by atoms with Crippen LogP contribution in [-0.2, 0) is 11.2 Å². The quantitative estimate of drug-likeness (QED) is 0.856. The smallest absolute Gasteiger partial charge is 0.231 e. The van der Waals surface area contributed by atoms with Crippen molar-refractivity contribution in [3.05, 3.63) is 64.2 Å². The Morgan fingerprint density at radius 1 is 1.09 bits per heavy atom. The third-order valence-electron chi connectivity index (χ3n) is 4.61. The van der Waals surface area contributed by atoms with Crippen molar-refractivity contribution >= 4 is 11.6 Å². The van der Waals surface area contributed by atoms with Crippen LogP contribution in [-0.4, -0.2) is 5.91 Å². The standard InChI is InChI=1S/C20H23NO/c1-13-11-14(2)19(15(3)12-13)21-20(22)18-10-6-8-16-7-4-5-9-17(16)18/h4-5,7,9,11-12,18H,6,8,10H2,1-3H3,(H,21,22)/t18-/m0/s1. The lowest BCUT2D eigenvalue weighted by Gasteiger charge is -2.25. The van der Waals surface area contributed by atoms with Crippen LogP contribution in [0.1, 0.15) is 46.6 Å². The summed E-state index contributed by atoms with van der Waals surface area (Å²) in [5, 5.41) is 3.18. The topological polar surface area (TPSA) is 29.1 Å². The molecule has 1 N–H and O–H groups in total. The number of hydrogen-bond acceptors (Lipinski definition) is 1. The van der Waals surface area contributed by atoms with E-state index in [9.17, 15) is 4.79 Å². The molecule has 0 fully saturated rings. The molecule has 0 radical (unpaired) electrons. The Bertz CT molecular complexity index is 694. The van der Waals surface area contributed by atoms with E-state index < -0.39 is 0 Å². The van der Waals surface area contributed by atoms with Gasteiger partial charge in [0, 0.05) is 5.69 Å². The van der Waals surface area contributed by atoms with Crippen molar-refractivity contribution in [1.82, 2.24) is 0 Å². The van der Waals surface area contributed by atoms with E-state index in [2.05, 4.69) is 56.4 Å². The summed E-state index contributed by atoms with van der Waals surface area (Å²) in [4.78, 5) is 12.8. The molecule has 114 valence electrons. The van der Waals surface area contributed by atoms with Crippen LogP contribution in [0.2, 0.25) is 0 Å². The summed E-state index contributed by atoms with van der Waals surface area (Å²) < 4.78 is 0. The first-order chi connectivity index (χ1) is 10.6. The molecule has 0 saturated carbocycles. The third-order valence-corrected chi connectivity index (χ3v) is 4.61. The van der Waals surface area contributed by atoms with E-state index in [1.807, 2.05) is 6.07 Å². The second-order valence-electron chi connectivity index (χ2n) is 6.41. The summed E-state index contributed by atoms with van der Waals surface area (Å²) in [5.74, 6) is 0.104. The summed E-state index contributed by atoms with van der Waals surface area (Å²) in [6.07, 6.45) is 3.11. The summed E-state index contributed by atoms with van der Waals surface area (Å²) in [7, 11) is 0. The Labute approximate surface area is 132 Å². The fourth-order valence-electron chi connectivity index (χ4n) is 3.61. The van der Waals surface area contributed by atoms with Crippen LogP contribution >= 0.6 is 0 Å². The summed E-state index contributed by atoms with van der Waals surface area (Å²) in [5.41, 5.74) is 7.00. The first-order valence-electron chi connectivity index (χ1n) is 8.03. The van der Waals surface area contributed by atoms with Gasteiger partial charge < -0.3 is 5.32 Å². The molecule has 0 bridgehead atoms. The lowest BCUT2D eigenvalue weighted by molar-refractivity contribution is -0.117. The highest BCUT2D eigenvalue weighted by atomic mass is 16.1. The summed E-state index contributed by atoms with van der Waals surface area (Å²) >= 11 is 0. The summed E-state index contributed by atoms with van der Waals surface area (Å²) in [6.45, 7) is 6.21. The lowest BCUT2D eigenvalue weighted by Crippen LogP contribution is -2.25. The molecule has 0 spiro atoms. The van der Waals surface area contributed by atoms with Gasteiger partial charge in [-0.15, -0.1) is 0 Å². The number of hydrogen-bond donors (Lipinski definition) is 1. The predicted molar refractivity (Wildman–Crippen MR) is 91.4 cm³/mol. The molecule has 1 aliphatic rings. The van der Waals surface area contributed by atoms with Crippen LogP contribution < -0.4 is 5.32 Å². The van der Waals surface area contributed by atoms with Crippen molar-refractivity contribution < 1.29 is 4.79 Å². The van der Waals surface area contributed by atoms with E-state index in [0.29, 0.717) is 0 Å². The number of carbonyl (C=O) groups excluding carboxylic acids is 1. The van der Waals surface area contributed by atoms with E-state index >= 15 is 0 Å². The minimum Gasteiger partial charge on any atom is -0.325 e. The van der Waals surface area contributed by atoms with Crippen LogP contribution in [0.4, 0.5) is 5.69 Å². The highest BCUT2D eigenvalue weighted by molar-refractivity contribution is 5.97. The van der Waals surface area contributed by atoms with Crippen LogP contribution in [0, 0.1) is 20.8 Å². The van der Waals surface area contributed by atoms with Gasteiger partial charge in [-0.25, -0.2) is 0 Å². The fourth-order valence-corrected chi connectivity index (χ4v) is 3.61. The molecule has 0 heterocycles. The second-order valence-corrected chi connectivity index (χ2v) is 6.41. The molecular formula is C20H23NO. The monoisotopic (exact) mass is 293 g/mol. The van der Waals surface area contributed by atoms with E-state index in [0.717, 1.165) is 36.1 Å². The fraction of sp³-hybridized carbons (Fsp3) is 0.350. The normalized spacial score (nSPS) is 17.0. The largest absolute Gasteiger partial charge is 0.325 e. The second kappa shape index (κ2) is 5.96. The van der Waals surface area contributed by atoms with E-state index in [1.54, 1.807) is 0 Å². The Kier molecular flexibility index (Phi) is 4.02. The lowest BCUT2D eigenvalue weighted by atomic mass is 9.82. The molecule has 2 aromatic rings. The SMILES string of the molecule is Cc1cc(C)c(NC(=O)[C@H]2CCCc3ccccc32)c(C)c1. The molecule has 1 aliphatic carbocycles. The number of nitrogens with one attached hydrogen (secondary N) is 1. The number of anilines is 1. The average molecular weight is 293 g/mol. The minimum absolute atomic E-state index is 0.0231. The number of fused-ring (bicyclic) bond motifs is 1. The molecule has 0 aromatic heterocycles. The van der Waals surface area contributed by atoms with Gasteiger partial charge in [0.15, 0.2) is 0 Å². The molecule has 3 rings (SSSR count). The van der Waals surface area contributed by atoms with Crippen molar-refractivity contribution in [3.8, 4) is 0 Å². The van der Waals surface area contributed by atoms with E-state index in [-0.39, 0.29) is 11.8 Å². The maximum absolute atomic E-state index is 12.8. The van der Waals surface area contributed by atoms with Gasteiger partial charge in [0.2, 0.25) is 5.91 Å². The maximum atomic E-state index is 12.8. The molecule has 2 nitrogen and oxygen atoms in total. The molecule has 1 amide bonds. The third kappa shape index (κ3) is 2.78. The van der Waals surface area contributed by atoms with Crippen LogP contribution in [0.5, 0.6) is 0 Å². The zero-order valence-electron chi connectivity index (χ0n) is 13.6. The average Bonchev–Trinajstić information content (AvgIpc) is 2.50. The Balaban J connectivity index is 1.88. The highest BCUT2D eigenvalue weighted by Crippen LogP contribution is 2.33. The summed E-state index contributed by atoms with van der Waals surface area (Å²) in [6, 6.07) is 12.6. The Hall–Kier alpha value is -2.09. The van der Waals surface area contributed by atoms with Crippen molar-refractivity contribution in [3.63, 3.8) is 0 Å². The predicted octanol–water partition coefficient (Wildman–Crippen LogP) is 4.67. The number of aryl methyl sites for hydroxylation is 4. The molecule has 1 atom stereocenters. The minimum atomic E-state index is -0.0231. The molecule has 0 saturated heterocycles. The Morgan fingerprint density at radius 3 is 2.50 bits per heavy atom. The molecule has 2 aromatic carbocycles. The van der Waals surface area contributed by atoms with Crippen LogP contribution in [0.25, 0.3) is 0 Å². The van der Waals surface area contributed by atoms with Gasteiger partial charge in [-0.05, 0) is 62.3 Å². The van der Waals surface area contributed by atoms with Crippen LogP contribution in [0.3, 0.4) is 0 Å². The van der Waals surface area contributed by atoms with Crippen molar-refractivity contribution in [2.24, 2.45) is 0 Å².